The summed E-state index contributed by atoms with van der Waals surface area (Å²) in [6.07, 6.45) is 4.08. The number of Topliss-reactive ketones (excluding diaryl/α,β-unsaturated/α-hetero) is 1. The smallest absolute Gasteiger partial charge is 0.132 e. The lowest BCUT2D eigenvalue weighted by atomic mass is 9.84. The summed E-state index contributed by atoms with van der Waals surface area (Å²) in [5.41, 5.74) is 5.69. The fourth-order valence-corrected chi connectivity index (χ4v) is 1.53. The van der Waals surface area contributed by atoms with E-state index in [-0.39, 0.29) is 0 Å². The number of nitrogens with two attached hydrogens (primary N) is 1. The number of rotatable bonds is 1. The minimum Gasteiger partial charge on any atom is -0.328 e. The first-order chi connectivity index (χ1) is 4.70. The molecule has 0 atom stereocenters. The molecule has 0 aromatic rings. The Bertz CT molecular complexity index is 125. The van der Waals surface area contributed by atoms with Crippen molar-refractivity contribution in [1.29, 1.82) is 0 Å². The molecule has 2 heteroatoms. The van der Waals surface area contributed by atoms with Crippen molar-refractivity contribution in [3.05, 3.63) is 0 Å². The molecular formula is C8H15NO. The van der Waals surface area contributed by atoms with Crippen LogP contribution in [0.4, 0.5) is 0 Å². The number of hydrogen-bond acceptors (Lipinski definition) is 2. The highest BCUT2D eigenvalue weighted by atomic mass is 16.1. The molecule has 0 radical (unpaired) electrons. The summed E-state index contributed by atoms with van der Waals surface area (Å²) < 4.78 is 0. The van der Waals surface area contributed by atoms with E-state index in [2.05, 4.69) is 0 Å². The highest BCUT2D eigenvalue weighted by Crippen LogP contribution is 2.23. The first-order valence-electron chi connectivity index (χ1n) is 3.96. The van der Waals surface area contributed by atoms with Gasteiger partial charge in [-0.05, 0) is 32.6 Å². The van der Waals surface area contributed by atoms with E-state index in [0.717, 1.165) is 25.7 Å². The number of ketones is 1. The van der Waals surface area contributed by atoms with Crippen molar-refractivity contribution < 1.29 is 4.79 Å². The molecule has 0 bridgehead atoms. The Hall–Kier alpha value is -0.370. The summed E-state index contributed by atoms with van der Waals surface area (Å²) in [7, 11) is 0. The van der Waals surface area contributed by atoms with E-state index in [9.17, 15) is 4.79 Å². The third kappa shape index (κ3) is 1.81. The van der Waals surface area contributed by atoms with Crippen molar-refractivity contribution in [2.45, 2.75) is 38.6 Å². The van der Waals surface area contributed by atoms with Crippen molar-refractivity contribution in [2.75, 3.05) is 0 Å². The van der Waals surface area contributed by atoms with Crippen molar-refractivity contribution in [3.63, 3.8) is 0 Å². The second-order valence-corrected chi connectivity index (χ2v) is 3.22. The molecular weight excluding hydrogens is 126 g/mol. The first-order valence-corrected chi connectivity index (χ1v) is 3.96. The fraction of sp³-hybridized carbons (Fsp3) is 0.875. The van der Waals surface area contributed by atoms with E-state index < -0.39 is 0 Å². The zero-order valence-corrected chi connectivity index (χ0v) is 6.47. The van der Waals surface area contributed by atoms with Crippen LogP contribution in [0.25, 0.3) is 0 Å². The third-order valence-electron chi connectivity index (χ3n) is 2.35. The number of carbonyl (C=O) groups is 1. The molecule has 1 aliphatic carbocycles. The zero-order chi connectivity index (χ0) is 7.56. The van der Waals surface area contributed by atoms with Crippen LogP contribution in [0.2, 0.25) is 0 Å². The maximum atomic E-state index is 10.9. The van der Waals surface area contributed by atoms with Gasteiger partial charge in [0.05, 0.1) is 0 Å². The Labute approximate surface area is 61.8 Å². The monoisotopic (exact) mass is 141 g/mol. The minimum absolute atomic E-state index is 0.319. The highest BCUT2D eigenvalue weighted by Gasteiger charge is 2.21. The molecule has 58 valence electrons. The van der Waals surface area contributed by atoms with Gasteiger partial charge in [0, 0.05) is 12.0 Å². The first kappa shape index (κ1) is 7.73. The quantitative estimate of drug-likeness (QED) is 0.594. The molecule has 0 unspecified atom stereocenters. The second-order valence-electron chi connectivity index (χ2n) is 3.22. The fourth-order valence-electron chi connectivity index (χ4n) is 1.53. The maximum absolute atomic E-state index is 10.9. The van der Waals surface area contributed by atoms with Gasteiger partial charge in [0.2, 0.25) is 0 Å². The molecule has 2 nitrogen and oxygen atoms in total. The normalized spacial score (nSPS) is 33.8. The van der Waals surface area contributed by atoms with Gasteiger partial charge < -0.3 is 5.73 Å². The molecule has 2 N–H and O–H groups in total. The lowest BCUT2D eigenvalue weighted by Gasteiger charge is -2.23. The van der Waals surface area contributed by atoms with Gasteiger partial charge in [-0.25, -0.2) is 0 Å². The SMILES string of the molecule is CC(=O)[C@H]1CC[C@H](N)CC1. The van der Waals surface area contributed by atoms with Crippen LogP contribution in [-0.2, 0) is 4.79 Å². The molecule has 1 aliphatic rings. The third-order valence-corrected chi connectivity index (χ3v) is 2.35. The molecule has 0 heterocycles. The van der Waals surface area contributed by atoms with Gasteiger partial charge in [0.15, 0.2) is 0 Å². The summed E-state index contributed by atoms with van der Waals surface area (Å²) in [6, 6.07) is 0.357. The Morgan fingerprint density at radius 3 is 2.20 bits per heavy atom. The highest BCUT2D eigenvalue weighted by molar-refractivity contribution is 5.78. The maximum Gasteiger partial charge on any atom is 0.132 e. The molecule has 1 fully saturated rings. The Morgan fingerprint density at radius 1 is 1.30 bits per heavy atom. The molecule has 0 aliphatic heterocycles. The van der Waals surface area contributed by atoms with Crippen LogP contribution < -0.4 is 5.73 Å². The lowest BCUT2D eigenvalue weighted by molar-refractivity contribution is -0.121. The van der Waals surface area contributed by atoms with Crippen LogP contribution in [0, 0.1) is 5.92 Å². The molecule has 1 saturated carbocycles. The average Bonchev–Trinajstić information content (AvgIpc) is 1.88. The van der Waals surface area contributed by atoms with Gasteiger partial charge in [-0.1, -0.05) is 0 Å². The van der Waals surface area contributed by atoms with E-state index in [1.807, 2.05) is 0 Å². The van der Waals surface area contributed by atoms with E-state index in [4.69, 9.17) is 5.73 Å². The molecule has 0 saturated heterocycles. The lowest BCUT2D eigenvalue weighted by Crippen LogP contribution is -2.28. The van der Waals surface area contributed by atoms with Crippen LogP contribution in [0.1, 0.15) is 32.6 Å². The summed E-state index contributed by atoms with van der Waals surface area (Å²) >= 11 is 0. The van der Waals surface area contributed by atoms with Crippen LogP contribution >= 0.6 is 0 Å². The van der Waals surface area contributed by atoms with Gasteiger partial charge in [-0.3, -0.25) is 4.79 Å². The van der Waals surface area contributed by atoms with E-state index in [0.29, 0.717) is 17.7 Å². The predicted octanol–water partition coefficient (Wildman–Crippen LogP) is 1.09. The molecule has 1 rings (SSSR count). The second kappa shape index (κ2) is 3.15. The summed E-state index contributed by atoms with van der Waals surface area (Å²) in [4.78, 5) is 10.9. The summed E-state index contributed by atoms with van der Waals surface area (Å²) in [6.45, 7) is 1.68. The van der Waals surface area contributed by atoms with Crippen molar-refractivity contribution in [2.24, 2.45) is 11.7 Å². The number of hydrogen-bond donors (Lipinski definition) is 1. The summed E-state index contributed by atoms with van der Waals surface area (Å²) in [5.74, 6) is 0.659. The molecule has 0 aromatic carbocycles. The Balaban J connectivity index is 2.33. The van der Waals surface area contributed by atoms with Gasteiger partial charge in [-0.2, -0.15) is 0 Å². The average molecular weight is 141 g/mol. The largest absolute Gasteiger partial charge is 0.328 e. The van der Waals surface area contributed by atoms with Crippen LogP contribution in [0.3, 0.4) is 0 Å². The topological polar surface area (TPSA) is 43.1 Å². The number of carbonyl (C=O) groups excluding carboxylic acids is 1. The van der Waals surface area contributed by atoms with E-state index in [1.54, 1.807) is 6.92 Å². The van der Waals surface area contributed by atoms with Crippen LogP contribution in [0.5, 0.6) is 0 Å². The Morgan fingerprint density at radius 2 is 1.80 bits per heavy atom. The Kier molecular flexibility index (Phi) is 2.44. The molecule has 0 aromatic heterocycles. The van der Waals surface area contributed by atoms with Gasteiger partial charge in [0.1, 0.15) is 5.78 Å². The van der Waals surface area contributed by atoms with Crippen LogP contribution in [-0.4, -0.2) is 11.8 Å². The van der Waals surface area contributed by atoms with E-state index >= 15 is 0 Å². The standard InChI is InChI=1S/C8H15NO/c1-6(10)7-2-4-8(9)5-3-7/h7-8H,2-5,9H2,1H3/t7-,8-. The van der Waals surface area contributed by atoms with Crippen LogP contribution in [0.15, 0.2) is 0 Å². The summed E-state index contributed by atoms with van der Waals surface area (Å²) in [5, 5.41) is 0. The molecule has 10 heavy (non-hydrogen) atoms. The van der Waals surface area contributed by atoms with Gasteiger partial charge in [0.25, 0.3) is 0 Å². The van der Waals surface area contributed by atoms with Crippen molar-refractivity contribution in [1.82, 2.24) is 0 Å². The zero-order valence-electron chi connectivity index (χ0n) is 6.47. The van der Waals surface area contributed by atoms with E-state index in [1.165, 1.54) is 0 Å². The molecule has 0 spiro atoms. The molecule has 0 amide bonds. The van der Waals surface area contributed by atoms with Gasteiger partial charge >= 0.3 is 0 Å². The minimum atomic E-state index is 0.319. The predicted molar refractivity (Wildman–Crippen MR) is 40.6 cm³/mol. The van der Waals surface area contributed by atoms with Crippen molar-refractivity contribution >= 4 is 5.78 Å². The van der Waals surface area contributed by atoms with Crippen molar-refractivity contribution in [3.8, 4) is 0 Å². The van der Waals surface area contributed by atoms with Gasteiger partial charge in [-0.15, -0.1) is 0 Å².